The Hall–Kier alpha value is -1.02. The standard InChI is InChI=1S/C14H23NO/c1-2-3-4-11-16-12-5-6-13-7-9-14(15)10-8-13/h7-10H,2-6,11-12,15H2,1H3. The van der Waals surface area contributed by atoms with Crippen LogP contribution in [0.15, 0.2) is 24.3 Å². The Kier molecular flexibility index (Phi) is 6.66. The second kappa shape index (κ2) is 8.17. The maximum Gasteiger partial charge on any atom is 0.0469 e. The summed E-state index contributed by atoms with van der Waals surface area (Å²) in [5, 5.41) is 0. The van der Waals surface area contributed by atoms with Gasteiger partial charge < -0.3 is 10.5 Å². The number of benzene rings is 1. The number of hydrogen-bond acceptors (Lipinski definition) is 2. The van der Waals surface area contributed by atoms with E-state index < -0.39 is 0 Å². The van der Waals surface area contributed by atoms with Crippen LogP contribution in [0.2, 0.25) is 0 Å². The Labute approximate surface area is 98.8 Å². The van der Waals surface area contributed by atoms with Gasteiger partial charge in [-0.15, -0.1) is 0 Å². The van der Waals surface area contributed by atoms with Crippen LogP contribution in [0.1, 0.15) is 38.2 Å². The van der Waals surface area contributed by atoms with E-state index in [2.05, 4.69) is 19.1 Å². The molecule has 0 amide bonds. The van der Waals surface area contributed by atoms with E-state index in [1.165, 1.54) is 24.8 Å². The van der Waals surface area contributed by atoms with Gasteiger partial charge in [0.25, 0.3) is 0 Å². The summed E-state index contributed by atoms with van der Waals surface area (Å²) < 4.78 is 5.56. The lowest BCUT2D eigenvalue weighted by Gasteiger charge is -2.04. The molecule has 0 unspecified atom stereocenters. The third-order valence-corrected chi connectivity index (χ3v) is 2.63. The molecule has 90 valence electrons. The number of aryl methyl sites for hydroxylation is 1. The van der Waals surface area contributed by atoms with Gasteiger partial charge in [-0.2, -0.15) is 0 Å². The maximum atomic E-state index is 5.62. The molecule has 0 aliphatic rings. The van der Waals surface area contributed by atoms with Gasteiger partial charge in [0.15, 0.2) is 0 Å². The van der Waals surface area contributed by atoms with E-state index in [-0.39, 0.29) is 0 Å². The van der Waals surface area contributed by atoms with Gasteiger partial charge in [-0.3, -0.25) is 0 Å². The number of nitrogens with two attached hydrogens (primary N) is 1. The molecule has 0 radical (unpaired) electrons. The zero-order valence-corrected chi connectivity index (χ0v) is 10.2. The fourth-order valence-corrected chi connectivity index (χ4v) is 1.62. The van der Waals surface area contributed by atoms with E-state index in [1.807, 2.05) is 12.1 Å². The first-order chi connectivity index (χ1) is 7.83. The fourth-order valence-electron chi connectivity index (χ4n) is 1.62. The van der Waals surface area contributed by atoms with Crippen molar-refractivity contribution in [2.24, 2.45) is 0 Å². The summed E-state index contributed by atoms with van der Waals surface area (Å²) in [6.45, 7) is 3.99. The van der Waals surface area contributed by atoms with Crippen molar-refractivity contribution in [3.05, 3.63) is 29.8 Å². The molecular formula is C14H23NO. The lowest BCUT2D eigenvalue weighted by Crippen LogP contribution is -1.98. The van der Waals surface area contributed by atoms with E-state index in [0.717, 1.165) is 31.7 Å². The molecule has 0 aromatic heterocycles. The highest BCUT2D eigenvalue weighted by atomic mass is 16.5. The van der Waals surface area contributed by atoms with Crippen molar-refractivity contribution < 1.29 is 4.74 Å². The highest BCUT2D eigenvalue weighted by molar-refractivity contribution is 5.39. The predicted molar refractivity (Wildman–Crippen MR) is 69.5 cm³/mol. The third kappa shape index (κ3) is 5.76. The molecule has 0 spiro atoms. The minimum Gasteiger partial charge on any atom is -0.399 e. The number of anilines is 1. The monoisotopic (exact) mass is 221 g/mol. The second-order valence-corrected chi connectivity index (χ2v) is 4.16. The van der Waals surface area contributed by atoms with Crippen molar-refractivity contribution in [1.82, 2.24) is 0 Å². The van der Waals surface area contributed by atoms with Gasteiger partial charge in [0.05, 0.1) is 0 Å². The van der Waals surface area contributed by atoms with Crippen molar-refractivity contribution in [2.75, 3.05) is 18.9 Å². The first-order valence-electron chi connectivity index (χ1n) is 6.25. The number of hydrogen-bond donors (Lipinski definition) is 1. The molecule has 0 bridgehead atoms. The predicted octanol–water partition coefficient (Wildman–Crippen LogP) is 3.41. The highest BCUT2D eigenvalue weighted by Gasteiger charge is 1.94. The Bertz CT molecular complexity index is 269. The highest BCUT2D eigenvalue weighted by Crippen LogP contribution is 2.07. The quantitative estimate of drug-likeness (QED) is 0.539. The largest absolute Gasteiger partial charge is 0.399 e. The fraction of sp³-hybridized carbons (Fsp3) is 0.571. The van der Waals surface area contributed by atoms with Gasteiger partial charge in [-0.1, -0.05) is 31.9 Å². The third-order valence-electron chi connectivity index (χ3n) is 2.63. The smallest absolute Gasteiger partial charge is 0.0469 e. The average Bonchev–Trinajstić information content (AvgIpc) is 2.30. The normalized spacial score (nSPS) is 10.6. The van der Waals surface area contributed by atoms with Crippen molar-refractivity contribution in [3.8, 4) is 0 Å². The molecule has 1 aromatic carbocycles. The Morgan fingerprint density at radius 3 is 2.38 bits per heavy atom. The molecule has 0 heterocycles. The summed E-state index contributed by atoms with van der Waals surface area (Å²) in [6, 6.07) is 8.09. The van der Waals surface area contributed by atoms with E-state index in [9.17, 15) is 0 Å². The van der Waals surface area contributed by atoms with Gasteiger partial charge in [0.2, 0.25) is 0 Å². The summed E-state index contributed by atoms with van der Waals surface area (Å²) in [6.07, 6.45) is 5.90. The van der Waals surface area contributed by atoms with E-state index in [1.54, 1.807) is 0 Å². The first-order valence-corrected chi connectivity index (χ1v) is 6.25. The zero-order valence-electron chi connectivity index (χ0n) is 10.2. The maximum absolute atomic E-state index is 5.62. The van der Waals surface area contributed by atoms with Gasteiger partial charge >= 0.3 is 0 Å². The number of nitrogen functional groups attached to an aromatic ring is 1. The van der Waals surface area contributed by atoms with Crippen molar-refractivity contribution >= 4 is 5.69 Å². The van der Waals surface area contributed by atoms with Crippen LogP contribution in [-0.4, -0.2) is 13.2 Å². The summed E-state index contributed by atoms with van der Waals surface area (Å²) in [5.41, 5.74) is 7.80. The van der Waals surface area contributed by atoms with Crippen LogP contribution in [0.5, 0.6) is 0 Å². The zero-order chi connectivity index (χ0) is 11.6. The van der Waals surface area contributed by atoms with Crippen LogP contribution in [0.25, 0.3) is 0 Å². The SMILES string of the molecule is CCCCCOCCCc1ccc(N)cc1. The molecule has 1 aromatic rings. The minimum absolute atomic E-state index is 0.833. The van der Waals surface area contributed by atoms with Gasteiger partial charge in [-0.25, -0.2) is 0 Å². The van der Waals surface area contributed by atoms with Crippen LogP contribution in [0, 0.1) is 0 Å². The molecule has 0 aliphatic heterocycles. The van der Waals surface area contributed by atoms with Gasteiger partial charge in [-0.05, 0) is 37.0 Å². The second-order valence-electron chi connectivity index (χ2n) is 4.16. The molecule has 2 heteroatoms. The van der Waals surface area contributed by atoms with E-state index >= 15 is 0 Å². The summed E-state index contributed by atoms with van der Waals surface area (Å²) >= 11 is 0. The van der Waals surface area contributed by atoms with Crippen molar-refractivity contribution in [1.29, 1.82) is 0 Å². The lowest BCUT2D eigenvalue weighted by atomic mass is 10.1. The Balaban J connectivity index is 2.01. The Morgan fingerprint density at radius 2 is 1.69 bits per heavy atom. The van der Waals surface area contributed by atoms with Crippen LogP contribution in [0.4, 0.5) is 5.69 Å². The van der Waals surface area contributed by atoms with Crippen LogP contribution in [-0.2, 0) is 11.2 Å². The number of unbranched alkanes of at least 4 members (excludes halogenated alkanes) is 2. The van der Waals surface area contributed by atoms with Crippen LogP contribution >= 0.6 is 0 Å². The topological polar surface area (TPSA) is 35.2 Å². The Morgan fingerprint density at radius 1 is 1.00 bits per heavy atom. The molecule has 0 atom stereocenters. The molecular weight excluding hydrogens is 198 g/mol. The van der Waals surface area contributed by atoms with Crippen molar-refractivity contribution in [2.45, 2.75) is 39.0 Å². The van der Waals surface area contributed by atoms with E-state index in [0.29, 0.717) is 0 Å². The molecule has 2 nitrogen and oxygen atoms in total. The molecule has 0 aliphatic carbocycles. The minimum atomic E-state index is 0.833. The molecule has 2 N–H and O–H groups in total. The van der Waals surface area contributed by atoms with Gasteiger partial charge in [0.1, 0.15) is 0 Å². The summed E-state index contributed by atoms with van der Waals surface area (Å²) in [7, 11) is 0. The molecule has 0 saturated heterocycles. The van der Waals surface area contributed by atoms with Crippen molar-refractivity contribution in [3.63, 3.8) is 0 Å². The number of ether oxygens (including phenoxy) is 1. The van der Waals surface area contributed by atoms with E-state index in [4.69, 9.17) is 10.5 Å². The summed E-state index contributed by atoms with van der Waals surface area (Å²) in [5.74, 6) is 0. The summed E-state index contributed by atoms with van der Waals surface area (Å²) in [4.78, 5) is 0. The lowest BCUT2D eigenvalue weighted by molar-refractivity contribution is 0.128. The molecule has 1 rings (SSSR count). The number of rotatable bonds is 8. The van der Waals surface area contributed by atoms with Crippen LogP contribution in [0.3, 0.4) is 0 Å². The first kappa shape index (κ1) is 13.0. The van der Waals surface area contributed by atoms with Crippen LogP contribution < -0.4 is 5.73 Å². The molecule has 0 saturated carbocycles. The molecule has 16 heavy (non-hydrogen) atoms. The average molecular weight is 221 g/mol. The van der Waals surface area contributed by atoms with Gasteiger partial charge in [0, 0.05) is 18.9 Å². The molecule has 0 fully saturated rings.